The lowest BCUT2D eigenvalue weighted by Gasteiger charge is -2.40. The minimum atomic E-state index is -3.55. The second kappa shape index (κ2) is 9.96. The molecule has 1 aliphatic heterocycles. The van der Waals surface area contributed by atoms with Crippen LogP contribution in [0.1, 0.15) is 75.0 Å². The van der Waals surface area contributed by atoms with E-state index in [9.17, 15) is 13.5 Å². The molecule has 1 N–H and O–H groups in total. The molecule has 2 aromatic carbocycles. The molecular formula is C27H39NO3S. The molecule has 1 heterocycles. The summed E-state index contributed by atoms with van der Waals surface area (Å²) in [4.78, 5) is 2.36. The van der Waals surface area contributed by atoms with Gasteiger partial charge in [0.05, 0.1) is 16.8 Å². The van der Waals surface area contributed by atoms with Crippen LogP contribution in [0.15, 0.2) is 47.4 Å². The van der Waals surface area contributed by atoms with Crippen molar-refractivity contribution in [3.63, 3.8) is 0 Å². The van der Waals surface area contributed by atoms with E-state index in [1.54, 1.807) is 6.07 Å². The Balaban J connectivity index is 2.30. The van der Waals surface area contributed by atoms with Crippen LogP contribution in [0.2, 0.25) is 0 Å². The molecule has 2 unspecified atom stereocenters. The van der Waals surface area contributed by atoms with Crippen molar-refractivity contribution < 1.29 is 13.5 Å². The van der Waals surface area contributed by atoms with E-state index in [1.165, 1.54) is 0 Å². The largest absolute Gasteiger partial charge is 0.392 e. The van der Waals surface area contributed by atoms with Crippen molar-refractivity contribution in [2.75, 3.05) is 24.7 Å². The zero-order valence-electron chi connectivity index (χ0n) is 20.3. The molecule has 1 aliphatic rings. The molecule has 2 aromatic rings. The van der Waals surface area contributed by atoms with Gasteiger partial charge in [-0.25, -0.2) is 8.42 Å². The van der Waals surface area contributed by atoms with Gasteiger partial charge in [-0.1, -0.05) is 69.4 Å². The number of aryl methyl sites for hydroxylation is 1. The maximum atomic E-state index is 13.8. The number of hydrogen-bond donors (Lipinski definition) is 1. The third-order valence-corrected chi connectivity index (χ3v) is 9.09. The maximum Gasteiger partial charge on any atom is 0.179 e. The van der Waals surface area contributed by atoms with E-state index in [-0.39, 0.29) is 11.7 Å². The SMILES string of the molecule is CCCCC1(CCCC)CS(=O)(=O)c2ccc(N(C)C)cc2C(c2ccc(C)cc2)C1O. The van der Waals surface area contributed by atoms with Crippen LogP contribution >= 0.6 is 0 Å². The fourth-order valence-electron chi connectivity index (χ4n) is 5.16. The fraction of sp³-hybridized carbons (Fsp3) is 0.556. The number of anilines is 1. The first kappa shape index (κ1) is 24.8. The first-order chi connectivity index (χ1) is 15.1. The number of nitrogens with zero attached hydrogens (tertiary/aromatic N) is 1. The van der Waals surface area contributed by atoms with E-state index in [0.29, 0.717) is 4.90 Å². The van der Waals surface area contributed by atoms with Gasteiger partial charge in [0.2, 0.25) is 0 Å². The zero-order chi connectivity index (χ0) is 23.5. The Labute approximate surface area is 194 Å². The lowest BCUT2D eigenvalue weighted by atomic mass is 9.68. The lowest BCUT2D eigenvalue weighted by Crippen LogP contribution is -2.43. The van der Waals surface area contributed by atoms with Gasteiger partial charge in [0.1, 0.15) is 0 Å². The van der Waals surface area contributed by atoms with Gasteiger partial charge >= 0.3 is 0 Å². The smallest absolute Gasteiger partial charge is 0.179 e. The summed E-state index contributed by atoms with van der Waals surface area (Å²) in [5.41, 5.74) is 3.14. The van der Waals surface area contributed by atoms with Crippen molar-refractivity contribution in [2.24, 2.45) is 5.41 Å². The molecule has 0 saturated carbocycles. The van der Waals surface area contributed by atoms with Gasteiger partial charge in [-0.2, -0.15) is 0 Å². The summed E-state index contributed by atoms with van der Waals surface area (Å²) < 4.78 is 27.5. The third kappa shape index (κ3) is 4.89. The fourth-order valence-corrected chi connectivity index (χ4v) is 7.36. The number of rotatable bonds is 8. The normalized spacial score (nSPS) is 21.6. The van der Waals surface area contributed by atoms with Crippen LogP contribution in [-0.4, -0.2) is 39.5 Å². The summed E-state index contributed by atoms with van der Waals surface area (Å²) in [6.07, 6.45) is 4.46. The van der Waals surface area contributed by atoms with Crippen molar-refractivity contribution in [1.29, 1.82) is 0 Å². The van der Waals surface area contributed by atoms with Gasteiger partial charge in [-0.05, 0) is 49.1 Å². The van der Waals surface area contributed by atoms with Crippen molar-refractivity contribution in [1.82, 2.24) is 0 Å². The van der Waals surface area contributed by atoms with Gasteiger partial charge in [-0.3, -0.25) is 0 Å². The molecule has 4 nitrogen and oxygen atoms in total. The minimum Gasteiger partial charge on any atom is -0.392 e. The number of sulfone groups is 1. The van der Waals surface area contributed by atoms with Crippen LogP contribution in [0.4, 0.5) is 5.69 Å². The van der Waals surface area contributed by atoms with Crippen molar-refractivity contribution in [3.8, 4) is 0 Å². The van der Waals surface area contributed by atoms with E-state index in [1.807, 2.05) is 38.1 Å². The van der Waals surface area contributed by atoms with Gasteiger partial charge in [0.25, 0.3) is 0 Å². The highest BCUT2D eigenvalue weighted by Gasteiger charge is 2.49. The summed E-state index contributed by atoms with van der Waals surface area (Å²) in [6.45, 7) is 6.30. The quantitative estimate of drug-likeness (QED) is 0.552. The van der Waals surface area contributed by atoms with E-state index < -0.39 is 21.4 Å². The molecule has 0 spiro atoms. The van der Waals surface area contributed by atoms with Crippen LogP contribution < -0.4 is 4.90 Å². The summed E-state index contributed by atoms with van der Waals surface area (Å²) >= 11 is 0. The average Bonchev–Trinajstić information content (AvgIpc) is 2.83. The van der Waals surface area contributed by atoms with E-state index in [2.05, 4.69) is 38.1 Å². The van der Waals surface area contributed by atoms with Crippen molar-refractivity contribution in [3.05, 3.63) is 59.2 Å². The summed E-state index contributed by atoms with van der Waals surface area (Å²) in [5.74, 6) is -0.367. The third-order valence-electron chi connectivity index (χ3n) is 7.09. The Morgan fingerprint density at radius 1 is 1.00 bits per heavy atom. The number of aliphatic hydroxyl groups is 1. The van der Waals surface area contributed by atoms with Crippen molar-refractivity contribution in [2.45, 2.75) is 76.2 Å². The number of benzene rings is 2. The van der Waals surface area contributed by atoms with Gasteiger partial charge < -0.3 is 10.0 Å². The van der Waals surface area contributed by atoms with Crippen LogP contribution in [0.5, 0.6) is 0 Å². The molecule has 176 valence electrons. The van der Waals surface area contributed by atoms with Crippen LogP contribution in [0, 0.1) is 12.3 Å². The van der Waals surface area contributed by atoms with Crippen LogP contribution in [0.3, 0.4) is 0 Å². The second-order valence-corrected chi connectivity index (χ2v) is 11.7. The van der Waals surface area contributed by atoms with Gasteiger partial charge in [-0.15, -0.1) is 0 Å². The van der Waals surface area contributed by atoms with Crippen molar-refractivity contribution >= 4 is 15.5 Å². The molecule has 5 heteroatoms. The molecule has 0 radical (unpaired) electrons. The van der Waals surface area contributed by atoms with E-state index in [4.69, 9.17) is 0 Å². The molecule has 0 saturated heterocycles. The maximum absolute atomic E-state index is 13.8. The first-order valence-electron chi connectivity index (χ1n) is 11.9. The number of aliphatic hydroxyl groups excluding tert-OH is 1. The Morgan fingerprint density at radius 2 is 1.59 bits per heavy atom. The lowest BCUT2D eigenvalue weighted by molar-refractivity contribution is 0.0127. The molecule has 0 aliphatic carbocycles. The Bertz CT molecular complexity index is 1000. The average molecular weight is 458 g/mol. The highest BCUT2D eigenvalue weighted by atomic mass is 32.2. The molecule has 0 aromatic heterocycles. The van der Waals surface area contributed by atoms with Gasteiger partial charge in [0, 0.05) is 31.1 Å². The van der Waals surface area contributed by atoms with Crippen LogP contribution in [-0.2, 0) is 9.84 Å². The molecule has 0 amide bonds. The summed E-state index contributed by atoms with van der Waals surface area (Å²) in [5, 5.41) is 12.1. The second-order valence-electron chi connectivity index (χ2n) is 9.78. The minimum absolute atomic E-state index is 0.0117. The molecule has 0 fully saturated rings. The van der Waals surface area contributed by atoms with E-state index >= 15 is 0 Å². The van der Waals surface area contributed by atoms with Gasteiger partial charge in [0.15, 0.2) is 9.84 Å². The zero-order valence-corrected chi connectivity index (χ0v) is 21.1. The predicted octanol–water partition coefficient (Wildman–Crippen LogP) is 5.71. The topological polar surface area (TPSA) is 57.6 Å². The Kier molecular flexibility index (Phi) is 7.72. The van der Waals surface area contributed by atoms with E-state index in [0.717, 1.165) is 60.9 Å². The molecule has 32 heavy (non-hydrogen) atoms. The molecular weight excluding hydrogens is 418 g/mol. The number of fused-ring (bicyclic) bond motifs is 1. The predicted molar refractivity (Wildman–Crippen MR) is 133 cm³/mol. The highest BCUT2D eigenvalue weighted by molar-refractivity contribution is 7.91. The molecule has 3 rings (SSSR count). The number of hydrogen-bond acceptors (Lipinski definition) is 4. The summed E-state index contributed by atoms with van der Waals surface area (Å²) in [6, 6.07) is 13.8. The monoisotopic (exact) mass is 457 g/mol. The number of unbranched alkanes of at least 4 members (excludes halogenated alkanes) is 2. The molecule has 2 atom stereocenters. The first-order valence-corrected chi connectivity index (χ1v) is 13.6. The summed E-state index contributed by atoms with van der Waals surface area (Å²) in [7, 11) is 0.361. The standard InChI is InChI=1S/C27H39NO3S/c1-6-8-16-27(17-9-7-2)19-32(30,31)24-15-14-22(28(4)5)18-23(24)25(26(27)29)21-12-10-20(3)11-13-21/h10-15,18,25-26,29H,6-9,16-17,19H2,1-5H3. The highest BCUT2D eigenvalue weighted by Crippen LogP contribution is 2.50. The Hall–Kier alpha value is -1.85. The van der Waals surface area contributed by atoms with Crippen LogP contribution in [0.25, 0.3) is 0 Å². The molecule has 0 bridgehead atoms. The Morgan fingerprint density at radius 3 is 2.12 bits per heavy atom.